The number of carbonyl (C=O) groups excluding carboxylic acids is 2. The van der Waals surface area contributed by atoms with E-state index < -0.39 is 12.1 Å². The summed E-state index contributed by atoms with van der Waals surface area (Å²) in [5, 5.41) is 5.75. The van der Waals surface area contributed by atoms with Crippen LogP contribution in [0.3, 0.4) is 0 Å². The number of ether oxygens (including phenoxy) is 2. The first kappa shape index (κ1) is 25.7. The summed E-state index contributed by atoms with van der Waals surface area (Å²) in [5.41, 5.74) is 2.80. The number of rotatable bonds is 11. The largest absolute Gasteiger partial charge is 0.489 e. The third-order valence-corrected chi connectivity index (χ3v) is 5.85. The van der Waals surface area contributed by atoms with Crippen molar-refractivity contribution in [1.82, 2.24) is 15.6 Å². The first-order valence-electron chi connectivity index (χ1n) is 11.9. The van der Waals surface area contributed by atoms with E-state index in [0.29, 0.717) is 6.61 Å². The van der Waals surface area contributed by atoms with Gasteiger partial charge in [-0.1, -0.05) is 68.8 Å². The molecule has 35 heavy (non-hydrogen) atoms. The van der Waals surface area contributed by atoms with Crippen molar-refractivity contribution in [2.24, 2.45) is 5.92 Å². The predicted octanol–water partition coefficient (Wildman–Crippen LogP) is 5.18. The molecule has 0 fully saturated rings. The minimum atomic E-state index is -0.701. The van der Waals surface area contributed by atoms with Gasteiger partial charge in [0.1, 0.15) is 25.0 Å². The monoisotopic (exact) mass is 475 g/mol. The van der Waals surface area contributed by atoms with Crippen molar-refractivity contribution in [3.8, 4) is 5.75 Å². The molecule has 3 atom stereocenters. The van der Waals surface area contributed by atoms with Crippen molar-refractivity contribution < 1.29 is 19.1 Å². The molecule has 0 saturated carbocycles. The van der Waals surface area contributed by atoms with Crippen LogP contribution in [0.25, 0.3) is 0 Å². The maximum absolute atomic E-state index is 13.1. The number of amides is 2. The number of nitrogens with one attached hydrogen (secondary N) is 2. The van der Waals surface area contributed by atoms with Gasteiger partial charge < -0.3 is 20.1 Å². The van der Waals surface area contributed by atoms with Gasteiger partial charge >= 0.3 is 6.09 Å². The SMILES string of the molecule is CC[C@H](C)[C@H](NC(=O)OCc1ccccc1)C(=O)NC(C)c1ccc(OCc2cccnc2)cc1. The molecule has 2 aromatic carbocycles. The molecular formula is C28H33N3O4. The summed E-state index contributed by atoms with van der Waals surface area (Å²) in [4.78, 5) is 29.5. The fraction of sp³-hybridized carbons (Fsp3) is 0.321. The zero-order chi connectivity index (χ0) is 25.0. The molecule has 2 N–H and O–H groups in total. The van der Waals surface area contributed by atoms with Crippen LogP contribution < -0.4 is 15.4 Å². The van der Waals surface area contributed by atoms with Gasteiger partial charge in [0.25, 0.3) is 0 Å². The Hall–Kier alpha value is -3.87. The maximum Gasteiger partial charge on any atom is 0.408 e. The Morgan fingerprint density at radius 2 is 1.60 bits per heavy atom. The summed E-state index contributed by atoms with van der Waals surface area (Å²) in [5.74, 6) is 0.423. The lowest BCUT2D eigenvalue weighted by molar-refractivity contribution is -0.124. The number of nitrogens with zero attached hydrogens (tertiary/aromatic N) is 1. The van der Waals surface area contributed by atoms with Crippen LogP contribution >= 0.6 is 0 Å². The van der Waals surface area contributed by atoms with Crippen molar-refractivity contribution in [1.29, 1.82) is 0 Å². The molecule has 3 rings (SSSR count). The van der Waals surface area contributed by atoms with Crippen molar-refractivity contribution in [3.63, 3.8) is 0 Å². The normalized spacial score (nSPS) is 13.2. The summed E-state index contributed by atoms with van der Waals surface area (Å²) >= 11 is 0. The minimum absolute atomic E-state index is 0.0604. The number of carbonyl (C=O) groups is 2. The third-order valence-electron chi connectivity index (χ3n) is 5.85. The Balaban J connectivity index is 1.53. The standard InChI is InChI=1S/C28H33N3O4/c1-4-20(2)26(31-28(33)35-18-22-9-6-5-7-10-22)27(32)30-21(3)24-12-14-25(15-13-24)34-19-23-11-8-16-29-17-23/h5-17,20-21,26H,4,18-19H2,1-3H3,(H,30,32)(H,31,33)/t20-,21?,26-/m0/s1. The van der Waals surface area contributed by atoms with Crippen LogP contribution in [0.2, 0.25) is 0 Å². The molecule has 0 aliphatic carbocycles. The molecular weight excluding hydrogens is 442 g/mol. The summed E-state index contributed by atoms with van der Waals surface area (Å²) in [6.07, 6.45) is 3.61. The quantitative estimate of drug-likeness (QED) is 0.399. The van der Waals surface area contributed by atoms with E-state index in [-0.39, 0.29) is 24.5 Å². The van der Waals surface area contributed by atoms with Gasteiger partial charge in [0.2, 0.25) is 5.91 Å². The molecule has 7 nitrogen and oxygen atoms in total. The summed E-state index contributed by atoms with van der Waals surface area (Å²) in [6, 6.07) is 19.9. The van der Waals surface area contributed by atoms with Gasteiger partial charge in [0, 0.05) is 18.0 Å². The summed E-state index contributed by atoms with van der Waals surface area (Å²) in [7, 11) is 0. The Bertz CT molecular complexity index is 1060. The smallest absolute Gasteiger partial charge is 0.408 e. The van der Waals surface area contributed by atoms with Crippen molar-refractivity contribution in [2.45, 2.75) is 52.5 Å². The van der Waals surface area contributed by atoms with Gasteiger partial charge in [0.05, 0.1) is 6.04 Å². The molecule has 0 aliphatic heterocycles. The highest BCUT2D eigenvalue weighted by atomic mass is 16.5. The lowest BCUT2D eigenvalue weighted by Crippen LogP contribution is -2.50. The summed E-state index contributed by atoms with van der Waals surface area (Å²) < 4.78 is 11.1. The van der Waals surface area contributed by atoms with Crippen molar-refractivity contribution >= 4 is 12.0 Å². The molecule has 1 heterocycles. The average Bonchev–Trinajstić information content (AvgIpc) is 2.90. The Morgan fingerprint density at radius 1 is 0.886 bits per heavy atom. The van der Waals surface area contributed by atoms with Gasteiger partial charge in [0.15, 0.2) is 0 Å². The fourth-order valence-corrected chi connectivity index (χ4v) is 3.48. The number of pyridine rings is 1. The van der Waals surface area contributed by atoms with E-state index in [0.717, 1.165) is 28.9 Å². The second-order valence-electron chi connectivity index (χ2n) is 8.52. The van der Waals surface area contributed by atoms with Crippen LogP contribution in [0.15, 0.2) is 79.1 Å². The number of benzene rings is 2. The highest BCUT2D eigenvalue weighted by Gasteiger charge is 2.27. The zero-order valence-electron chi connectivity index (χ0n) is 20.4. The van der Waals surface area contributed by atoms with E-state index in [1.54, 1.807) is 12.4 Å². The van der Waals surface area contributed by atoms with Crippen LogP contribution in [0.5, 0.6) is 5.75 Å². The maximum atomic E-state index is 13.1. The number of hydrogen-bond acceptors (Lipinski definition) is 5. The summed E-state index contributed by atoms with van der Waals surface area (Å²) in [6.45, 7) is 6.40. The molecule has 2 amide bonds. The fourth-order valence-electron chi connectivity index (χ4n) is 3.48. The zero-order valence-corrected chi connectivity index (χ0v) is 20.4. The lowest BCUT2D eigenvalue weighted by atomic mass is 9.97. The molecule has 0 bridgehead atoms. The molecule has 0 saturated heterocycles. The van der Waals surface area contributed by atoms with Gasteiger partial charge in [-0.25, -0.2) is 4.79 Å². The van der Waals surface area contributed by atoms with E-state index in [1.807, 2.05) is 87.5 Å². The van der Waals surface area contributed by atoms with Crippen molar-refractivity contribution in [3.05, 3.63) is 95.8 Å². The van der Waals surface area contributed by atoms with Gasteiger partial charge in [-0.3, -0.25) is 9.78 Å². The highest BCUT2D eigenvalue weighted by Crippen LogP contribution is 2.19. The molecule has 0 radical (unpaired) electrons. The molecule has 3 aromatic rings. The van der Waals surface area contributed by atoms with E-state index in [4.69, 9.17) is 9.47 Å². The Labute approximate surface area is 206 Å². The molecule has 7 heteroatoms. The van der Waals surface area contributed by atoms with Crippen LogP contribution in [0.1, 0.15) is 49.9 Å². The molecule has 184 valence electrons. The van der Waals surface area contributed by atoms with Gasteiger partial charge in [-0.15, -0.1) is 0 Å². The Kier molecular flexibility index (Phi) is 9.66. The van der Waals surface area contributed by atoms with Gasteiger partial charge in [-0.05, 0) is 42.2 Å². The topological polar surface area (TPSA) is 89.5 Å². The number of alkyl carbamates (subject to hydrolysis) is 1. The van der Waals surface area contributed by atoms with Crippen LogP contribution in [0.4, 0.5) is 4.79 Å². The second-order valence-corrected chi connectivity index (χ2v) is 8.52. The van der Waals surface area contributed by atoms with Crippen LogP contribution in [0, 0.1) is 5.92 Å². The molecule has 1 unspecified atom stereocenters. The third kappa shape index (κ3) is 8.14. The first-order valence-corrected chi connectivity index (χ1v) is 11.9. The van der Waals surface area contributed by atoms with E-state index in [2.05, 4.69) is 15.6 Å². The van der Waals surface area contributed by atoms with Crippen LogP contribution in [-0.2, 0) is 22.7 Å². The average molecular weight is 476 g/mol. The van der Waals surface area contributed by atoms with Crippen LogP contribution in [-0.4, -0.2) is 23.0 Å². The number of aromatic nitrogens is 1. The van der Waals surface area contributed by atoms with Crippen molar-refractivity contribution in [2.75, 3.05) is 0 Å². The second kappa shape index (κ2) is 13.1. The Morgan fingerprint density at radius 3 is 2.26 bits per heavy atom. The molecule has 0 aliphatic rings. The van der Waals surface area contributed by atoms with E-state index >= 15 is 0 Å². The molecule has 0 spiro atoms. The predicted molar refractivity (Wildman–Crippen MR) is 135 cm³/mol. The minimum Gasteiger partial charge on any atom is -0.489 e. The number of hydrogen-bond donors (Lipinski definition) is 2. The lowest BCUT2D eigenvalue weighted by Gasteiger charge is -2.25. The van der Waals surface area contributed by atoms with Gasteiger partial charge in [-0.2, -0.15) is 0 Å². The first-order chi connectivity index (χ1) is 17.0. The molecule has 1 aromatic heterocycles. The van der Waals surface area contributed by atoms with E-state index in [1.165, 1.54) is 0 Å². The van der Waals surface area contributed by atoms with E-state index in [9.17, 15) is 9.59 Å². The highest BCUT2D eigenvalue weighted by molar-refractivity contribution is 5.86.